The van der Waals surface area contributed by atoms with Crippen molar-refractivity contribution in [3.63, 3.8) is 0 Å². The summed E-state index contributed by atoms with van der Waals surface area (Å²) in [5, 5.41) is 0. The molecular weight excluding hydrogens is 236 g/mol. The Morgan fingerprint density at radius 3 is 2.37 bits per heavy atom. The van der Waals surface area contributed by atoms with Crippen LogP contribution in [0.3, 0.4) is 0 Å². The third kappa shape index (κ3) is 5.43. The second-order valence-electron chi connectivity index (χ2n) is 5.39. The molecule has 1 rings (SSSR count). The molecule has 1 aromatic carbocycles. The van der Waals surface area contributed by atoms with Gasteiger partial charge in [0.25, 0.3) is 0 Å². The predicted octanol–water partition coefficient (Wildman–Crippen LogP) is 2.90. The summed E-state index contributed by atoms with van der Waals surface area (Å²) in [5.74, 6) is 0.742. The Morgan fingerprint density at radius 1 is 1.21 bits per heavy atom. The molecule has 0 aliphatic carbocycles. The monoisotopic (exact) mass is 262 g/mol. The van der Waals surface area contributed by atoms with Crippen LogP contribution in [0.4, 0.5) is 0 Å². The fourth-order valence-corrected chi connectivity index (χ4v) is 1.98. The van der Waals surface area contributed by atoms with Crippen molar-refractivity contribution >= 4 is 5.91 Å². The Balaban J connectivity index is 2.47. The van der Waals surface area contributed by atoms with E-state index in [0.29, 0.717) is 25.4 Å². The molecule has 0 radical (unpaired) electrons. The predicted molar refractivity (Wildman–Crippen MR) is 79.9 cm³/mol. The van der Waals surface area contributed by atoms with Crippen LogP contribution in [0.1, 0.15) is 50.2 Å². The Labute approximate surface area is 116 Å². The van der Waals surface area contributed by atoms with Crippen LogP contribution in [-0.4, -0.2) is 24.4 Å². The Morgan fingerprint density at radius 2 is 1.84 bits per heavy atom. The summed E-state index contributed by atoms with van der Waals surface area (Å²) in [6, 6.07) is 8.51. The minimum absolute atomic E-state index is 0.196. The molecule has 0 aliphatic heterocycles. The minimum atomic E-state index is 0.196. The van der Waals surface area contributed by atoms with Gasteiger partial charge in [0, 0.05) is 20.0 Å². The fourth-order valence-electron chi connectivity index (χ4n) is 1.98. The van der Waals surface area contributed by atoms with E-state index in [1.807, 2.05) is 7.05 Å². The first-order valence-electron chi connectivity index (χ1n) is 7.07. The number of amides is 1. The highest BCUT2D eigenvalue weighted by Gasteiger charge is 2.09. The number of unbranched alkanes of at least 4 members (excludes halogenated alkanes) is 1. The zero-order valence-corrected chi connectivity index (χ0v) is 12.4. The molecule has 1 amide bonds. The Bertz CT molecular complexity index is 384. The molecule has 0 bridgehead atoms. The smallest absolute Gasteiger partial charge is 0.222 e. The molecule has 3 heteroatoms. The van der Waals surface area contributed by atoms with Crippen LogP contribution >= 0.6 is 0 Å². The van der Waals surface area contributed by atoms with E-state index in [9.17, 15) is 4.79 Å². The highest BCUT2D eigenvalue weighted by molar-refractivity contribution is 5.75. The van der Waals surface area contributed by atoms with Crippen LogP contribution < -0.4 is 5.73 Å². The third-order valence-corrected chi connectivity index (χ3v) is 3.34. The maximum absolute atomic E-state index is 11.9. The third-order valence-electron chi connectivity index (χ3n) is 3.34. The van der Waals surface area contributed by atoms with E-state index in [-0.39, 0.29) is 5.91 Å². The maximum atomic E-state index is 11.9. The number of hydrogen-bond donors (Lipinski definition) is 1. The number of nitrogens with zero attached hydrogens (tertiary/aromatic N) is 1. The highest BCUT2D eigenvalue weighted by Crippen LogP contribution is 2.15. The zero-order valence-electron chi connectivity index (χ0n) is 12.4. The molecule has 2 N–H and O–H groups in total. The standard InChI is InChI=1S/C16H26N2O/c1-13(2)15-9-7-14(8-10-15)12-18(3)16(19)6-4-5-11-17/h7-10,13H,4-6,11-12,17H2,1-3H3. The van der Waals surface area contributed by atoms with Gasteiger partial charge in [-0.2, -0.15) is 0 Å². The Kier molecular flexibility index (Phi) is 6.57. The summed E-state index contributed by atoms with van der Waals surface area (Å²) in [4.78, 5) is 13.7. The SMILES string of the molecule is CC(C)c1ccc(CN(C)C(=O)CCCCN)cc1. The molecule has 0 heterocycles. The number of benzene rings is 1. The first-order chi connectivity index (χ1) is 9.04. The summed E-state index contributed by atoms with van der Waals surface area (Å²) in [7, 11) is 1.86. The van der Waals surface area contributed by atoms with Gasteiger partial charge in [0.2, 0.25) is 5.91 Å². The molecule has 3 nitrogen and oxygen atoms in total. The van der Waals surface area contributed by atoms with Crippen molar-refractivity contribution < 1.29 is 4.79 Å². The minimum Gasteiger partial charge on any atom is -0.341 e. The van der Waals surface area contributed by atoms with Gasteiger partial charge < -0.3 is 10.6 Å². The largest absolute Gasteiger partial charge is 0.341 e. The molecule has 0 spiro atoms. The molecule has 0 saturated heterocycles. The summed E-state index contributed by atoms with van der Waals surface area (Å²) >= 11 is 0. The molecule has 0 saturated carbocycles. The van der Waals surface area contributed by atoms with Gasteiger partial charge >= 0.3 is 0 Å². The van der Waals surface area contributed by atoms with Crippen molar-refractivity contribution in [2.75, 3.05) is 13.6 Å². The van der Waals surface area contributed by atoms with Crippen LogP contribution in [0.15, 0.2) is 24.3 Å². The maximum Gasteiger partial charge on any atom is 0.222 e. The van der Waals surface area contributed by atoms with Gasteiger partial charge in [-0.3, -0.25) is 4.79 Å². The summed E-state index contributed by atoms with van der Waals surface area (Å²) in [5.41, 5.74) is 7.94. The lowest BCUT2D eigenvalue weighted by molar-refractivity contribution is -0.130. The lowest BCUT2D eigenvalue weighted by atomic mass is 10.0. The van der Waals surface area contributed by atoms with Crippen LogP contribution in [0.5, 0.6) is 0 Å². The molecule has 0 unspecified atom stereocenters. The van der Waals surface area contributed by atoms with Gasteiger partial charge in [0.1, 0.15) is 0 Å². The average Bonchev–Trinajstić information content (AvgIpc) is 2.39. The second kappa shape index (κ2) is 7.95. The molecule has 0 aliphatic rings. The molecule has 1 aromatic rings. The van der Waals surface area contributed by atoms with Crippen molar-refractivity contribution in [2.24, 2.45) is 5.73 Å². The number of rotatable bonds is 7. The van der Waals surface area contributed by atoms with Gasteiger partial charge in [-0.05, 0) is 36.4 Å². The highest BCUT2D eigenvalue weighted by atomic mass is 16.2. The van der Waals surface area contributed by atoms with E-state index in [4.69, 9.17) is 5.73 Å². The quantitative estimate of drug-likeness (QED) is 0.768. The van der Waals surface area contributed by atoms with Gasteiger partial charge in [-0.1, -0.05) is 38.1 Å². The van der Waals surface area contributed by atoms with E-state index in [2.05, 4.69) is 38.1 Å². The number of carbonyl (C=O) groups excluding carboxylic acids is 1. The lowest BCUT2D eigenvalue weighted by Gasteiger charge is -2.17. The van der Waals surface area contributed by atoms with Crippen molar-refractivity contribution in [1.29, 1.82) is 0 Å². The molecular formula is C16H26N2O. The van der Waals surface area contributed by atoms with Crippen LogP contribution in [0, 0.1) is 0 Å². The van der Waals surface area contributed by atoms with Gasteiger partial charge in [0.05, 0.1) is 0 Å². The van der Waals surface area contributed by atoms with Crippen LogP contribution in [0.2, 0.25) is 0 Å². The first-order valence-corrected chi connectivity index (χ1v) is 7.07. The summed E-state index contributed by atoms with van der Waals surface area (Å²) in [6.45, 7) is 5.71. The van der Waals surface area contributed by atoms with Gasteiger partial charge in [-0.25, -0.2) is 0 Å². The number of carbonyl (C=O) groups is 1. The molecule has 106 valence electrons. The molecule has 0 fully saturated rings. The second-order valence-corrected chi connectivity index (χ2v) is 5.39. The van der Waals surface area contributed by atoms with Crippen molar-refractivity contribution in [3.8, 4) is 0 Å². The zero-order chi connectivity index (χ0) is 14.3. The van der Waals surface area contributed by atoms with Crippen LogP contribution in [-0.2, 0) is 11.3 Å². The molecule has 0 aromatic heterocycles. The normalized spacial score (nSPS) is 10.8. The van der Waals surface area contributed by atoms with Crippen molar-refractivity contribution in [1.82, 2.24) is 4.90 Å². The number of hydrogen-bond acceptors (Lipinski definition) is 2. The van der Waals surface area contributed by atoms with Gasteiger partial charge in [-0.15, -0.1) is 0 Å². The van der Waals surface area contributed by atoms with E-state index in [1.54, 1.807) is 4.90 Å². The summed E-state index contributed by atoms with van der Waals surface area (Å²) < 4.78 is 0. The summed E-state index contributed by atoms with van der Waals surface area (Å²) in [6.07, 6.45) is 2.40. The van der Waals surface area contributed by atoms with Crippen molar-refractivity contribution in [3.05, 3.63) is 35.4 Å². The first kappa shape index (κ1) is 15.7. The van der Waals surface area contributed by atoms with E-state index >= 15 is 0 Å². The molecule has 19 heavy (non-hydrogen) atoms. The fraction of sp³-hybridized carbons (Fsp3) is 0.562. The Hall–Kier alpha value is -1.35. The van der Waals surface area contributed by atoms with Crippen LogP contribution in [0.25, 0.3) is 0 Å². The average molecular weight is 262 g/mol. The molecule has 0 atom stereocenters. The van der Waals surface area contributed by atoms with E-state index < -0.39 is 0 Å². The van der Waals surface area contributed by atoms with E-state index in [0.717, 1.165) is 12.8 Å². The van der Waals surface area contributed by atoms with Gasteiger partial charge in [0.15, 0.2) is 0 Å². The lowest BCUT2D eigenvalue weighted by Crippen LogP contribution is -2.26. The topological polar surface area (TPSA) is 46.3 Å². The van der Waals surface area contributed by atoms with E-state index in [1.165, 1.54) is 11.1 Å². The number of nitrogens with two attached hydrogens (primary N) is 1. The van der Waals surface area contributed by atoms with Crippen molar-refractivity contribution in [2.45, 2.75) is 45.6 Å².